The zero-order valence-corrected chi connectivity index (χ0v) is 17.5. The predicted molar refractivity (Wildman–Crippen MR) is 113 cm³/mol. The molecule has 3 aromatic rings. The van der Waals surface area contributed by atoms with Crippen LogP contribution in [0.4, 0.5) is 0 Å². The number of Topliss-reactive ketones (excluding diaryl/α,β-unsaturated/α-hetero) is 1. The summed E-state index contributed by atoms with van der Waals surface area (Å²) in [4.78, 5) is 36.0. The van der Waals surface area contributed by atoms with E-state index in [1.165, 1.54) is 6.07 Å². The molecule has 0 bridgehead atoms. The van der Waals surface area contributed by atoms with Crippen LogP contribution in [0.5, 0.6) is 5.75 Å². The summed E-state index contributed by atoms with van der Waals surface area (Å²) in [6.45, 7) is 3.64. The van der Waals surface area contributed by atoms with E-state index in [2.05, 4.69) is 0 Å². The topological polar surface area (TPSA) is 82.8 Å². The largest absolute Gasteiger partial charge is 0.485 e. The molecule has 156 valence electrons. The van der Waals surface area contributed by atoms with Crippen LogP contribution in [0.2, 0.25) is 5.02 Å². The standard InChI is InChI=1S/C23H21ClO6/c1-3-28-22(26)9-6-16-11-18-14(2)10-23(27)30-21(18)12-20(16)29-13-19(25)15-4-7-17(24)8-5-15/h4-5,7-8,10-12H,3,6,9,13H2,1-2H3. The van der Waals surface area contributed by atoms with E-state index >= 15 is 0 Å². The average molecular weight is 429 g/mol. The van der Waals surface area contributed by atoms with Crippen molar-refractivity contribution >= 4 is 34.3 Å². The first kappa shape index (κ1) is 21.6. The summed E-state index contributed by atoms with van der Waals surface area (Å²) in [5, 5.41) is 1.28. The van der Waals surface area contributed by atoms with Crippen molar-refractivity contribution in [2.45, 2.75) is 26.7 Å². The van der Waals surface area contributed by atoms with E-state index in [0.717, 1.165) is 16.5 Å². The molecule has 7 heteroatoms. The number of fused-ring (bicyclic) bond motifs is 1. The molecule has 0 spiro atoms. The minimum absolute atomic E-state index is 0.163. The maximum atomic E-state index is 12.4. The van der Waals surface area contributed by atoms with E-state index in [0.29, 0.717) is 34.9 Å². The van der Waals surface area contributed by atoms with Gasteiger partial charge in [-0.25, -0.2) is 4.79 Å². The highest BCUT2D eigenvalue weighted by Gasteiger charge is 2.15. The Kier molecular flexibility index (Phi) is 6.90. The van der Waals surface area contributed by atoms with Gasteiger partial charge in [-0.05, 0) is 61.7 Å². The van der Waals surface area contributed by atoms with E-state index < -0.39 is 5.63 Å². The summed E-state index contributed by atoms with van der Waals surface area (Å²) in [6, 6.07) is 11.3. The minimum Gasteiger partial charge on any atom is -0.485 e. The Hall–Kier alpha value is -3.12. The number of carbonyl (C=O) groups is 2. The minimum atomic E-state index is -0.470. The lowest BCUT2D eigenvalue weighted by molar-refractivity contribution is -0.143. The van der Waals surface area contributed by atoms with E-state index in [-0.39, 0.29) is 24.8 Å². The fourth-order valence-electron chi connectivity index (χ4n) is 3.05. The first-order valence-electron chi connectivity index (χ1n) is 9.52. The fourth-order valence-corrected chi connectivity index (χ4v) is 3.18. The number of ether oxygens (including phenoxy) is 2. The van der Waals surface area contributed by atoms with Crippen molar-refractivity contribution in [2.75, 3.05) is 13.2 Å². The Morgan fingerprint density at radius 3 is 2.53 bits per heavy atom. The summed E-state index contributed by atoms with van der Waals surface area (Å²) in [5.41, 5.74) is 1.82. The predicted octanol–water partition coefficient (Wildman–Crippen LogP) is 4.51. The molecule has 0 saturated heterocycles. The van der Waals surface area contributed by atoms with Crippen molar-refractivity contribution in [3.8, 4) is 5.75 Å². The molecule has 30 heavy (non-hydrogen) atoms. The lowest BCUT2D eigenvalue weighted by Crippen LogP contribution is -2.13. The highest BCUT2D eigenvalue weighted by atomic mass is 35.5. The van der Waals surface area contributed by atoms with Gasteiger partial charge in [0.15, 0.2) is 12.4 Å². The van der Waals surface area contributed by atoms with Crippen molar-refractivity contribution in [1.82, 2.24) is 0 Å². The molecule has 3 rings (SSSR count). The molecule has 0 radical (unpaired) electrons. The van der Waals surface area contributed by atoms with Gasteiger partial charge in [0.2, 0.25) is 0 Å². The van der Waals surface area contributed by atoms with Crippen LogP contribution in [0, 0.1) is 6.92 Å². The van der Waals surface area contributed by atoms with Crippen LogP contribution < -0.4 is 10.4 Å². The second-order valence-electron chi connectivity index (χ2n) is 6.73. The van der Waals surface area contributed by atoms with Crippen molar-refractivity contribution < 1.29 is 23.5 Å². The van der Waals surface area contributed by atoms with Crippen LogP contribution >= 0.6 is 11.6 Å². The van der Waals surface area contributed by atoms with Crippen molar-refractivity contribution in [2.24, 2.45) is 0 Å². The van der Waals surface area contributed by atoms with Crippen molar-refractivity contribution in [1.29, 1.82) is 0 Å². The lowest BCUT2D eigenvalue weighted by atomic mass is 10.0. The van der Waals surface area contributed by atoms with Crippen LogP contribution in [-0.2, 0) is 16.0 Å². The zero-order valence-electron chi connectivity index (χ0n) is 16.7. The van der Waals surface area contributed by atoms with Gasteiger partial charge in [-0.2, -0.15) is 0 Å². The molecule has 0 amide bonds. The molecular weight excluding hydrogens is 408 g/mol. The van der Waals surface area contributed by atoms with Crippen molar-refractivity contribution in [3.63, 3.8) is 0 Å². The third-order valence-corrected chi connectivity index (χ3v) is 4.81. The van der Waals surface area contributed by atoms with Crippen LogP contribution in [0.25, 0.3) is 11.0 Å². The molecule has 6 nitrogen and oxygen atoms in total. The van der Waals surface area contributed by atoms with Gasteiger partial charge in [-0.1, -0.05) is 11.6 Å². The Labute approximate surface area is 178 Å². The first-order valence-corrected chi connectivity index (χ1v) is 9.89. The van der Waals surface area contributed by atoms with Gasteiger partial charge in [0.1, 0.15) is 11.3 Å². The van der Waals surface area contributed by atoms with Crippen molar-refractivity contribution in [3.05, 3.63) is 74.6 Å². The fraction of sp³-hybridized carbons (Fsp3) is 0.261. The second kappa shape index (κ2) is 9.59. The number of esters is 1. The molecule has 0 fully saturated rings. The van der Waals surface area contributed by atoms with Gasteiger partial charge in [-0.3, -0.25) is 9.59 Å². The Morgan fingerprint density at radius 1 is 1.10 bits per heavy atom. The number of carbonyl (C=O) groups excluding carboxylic acids is 2. The Bertz CT molecular complexity index is 1130. The van der Waals surface area contributed by atoms with Gasteiger partial charge >= 0.3 is 11.6 Å². The molecular formula is C23H21ClO6. The molecule has 2 aromatic carbocycles. The molecule has 0 atom stereocenters. The number of ketones is 1. The number of benzene rings is 2. The van der Waals surface area contributed by atoms with Crippen LogP contribution in [0.1, 0.15) is 34.8 Å². The van der Waals surface area contributed by atoms with Crippen LogP contribution in [0.3, 0.4) is 0 Å². The van der Waals surface area contributed by atoms with Gasteiger partial charge < -0.3 is 13.9 Å². The normalized spacial score (nSPS) is 10.8. The summed E-state index contributed by atoms with van der Waals surface area (Å²) < 4.78 is 16.0. The number of hydrogen-bond donors (Lipinski definition) is 0. The second-order valence-corrected chi connectivity index (χ2v) is 7.16. The molecule has 1 aromatic heterocycles. The van der Waals surface area contributed by atoms with E-state index in [4.69, 9.17) is 25.5 Å². The first-order chi connectivity index (χ1) is 14.4. The summed E-state index contributed by atoms with van der Waals surface area (Å²) in [5.74, 6) is -0.172. The van der Waals surface area contributed by atoms with E-state index in [1.807, 2.05) is 6.07 Å². The molecule has 1 heterocycles. The SMILES string of the molecule is CCOC(=O)CCc1cc2c(C)cc(=O)oc2cc1OCC(=O)c1ccc(Cl)cc1. The van der Waals surface area contributed by atoms with Crippen LogP contribution in [-0.4, -0.2) is 25.0 Å². The van der Waals surface area contributed by atoms with Gasteiger partial charge in [0.05, 0.1) is 6.61 Å². The number of hydrogen-bond acceptors (Lipinski definition) is 6. The Morgan fingerprint density at radius 2 is 1.83 bits per heavy atom. The van der Waals surface area contributed by atoms with Gasteiger partial charge in [0.25, 0.3) is 0 Å². The van der Waals surface area contributed by atoms with Gasteiger partial charge in [-0.15, -0.1) is 0 Å². The van der Waals surface area contributed by atoms with Crippen LogP contribution in [0.15, 0.2) is 51.7 Å². The molecule has 0 saturated carbocycles. The highest BCUT2D eigenvalue weighted by molar-refractivity contribution is 6.30. The Balaban J connectivity index is 1.88. The highest BCUT2D eigenvalue weighted by Crippen LogP contribution is 2.28. The molecule has 0 unspecified atom stereocenters. The monoisotopic (exact) mass is 428 g/mol. The lowest BCUT2D eigenvalue weighted by Gasteiger charge is -2.13. The molecule has 0 aliphatic carbocycles. The maximum Gasteiger partial charge on any atom is 0.336 e. The van der Waals surface area contributed by atoms with Gasteiger partial charge in [0, 0.05) is 34.5 Å². The molecule has 0 N–H and O–H groups in total. The summed E-state index contributed by atoms with van der Waals surface area (Å²) in [7, 11) is 0. The third-order valence-electron chi connectivity index (χ3n) is 4.56. The third kappa shape index (κ3) is 5.27. The number of aryl methyl sites for hydroxylation is 2. The molecule has 0 aliphatic rings. The van der Waals surface area contributed by atoms with E-state index in [1.54, 1.807) is 44.2 Å². The number of rotatable bonds is 8. The molecule has 0 aliphatic heterocycles. The smallest absolute Gasteiger partial charge is 0.336 e. The summed E-state index contributed by atoms with van der Waals surface area (Å²) >= 11 is 5.86. The maximum absolute atomic E-state index is 12.4. The van der Waals surface area contributed by atoms with E-state index in [9.17, 15) is 14.4 Å². The quantitative estimate of drug-likeness (QED) is 0.298. The average Bonchev–Trinajstić information content (AvgIpc) is 2.71. The number of halogens is 1. The summed E-state index contributed by atoms with van der Waals surface area (Å²) in [6.07, 6.45) is 0.522. The zero-order chi connectivity index (χ0) is 21.7.